The Bertz CT molecular complexity index is 1060. The summed E-state index contributed by atoms with van der Waals surface area (Å²) in [6.07, 6.45) is 3.82. The van der Waals surface area contributed by atoms with Gasteiger partial charge in [0.1, 0.15) is 11.6 Å². The van der Waals surface area contributed by atoms with Gasteiger partial charge in [-0.15, -0.1) is 20.4 Å². The van der Waals surface area contributed by atoms with Gasteiger partial charge in [0.2, 0.25) is 5.82 Å². The Balaban J connectivity index is 0.000000730. The van der Waals surface area contributed by atoms with Crippen molar-refractivity contribution in [2.45, 2.75) is 51.7 Å². The van der Waals surface area contributed by atoms with Crippen molar-refractivity contribution in [2.24, 2.45) is 0 Å². The smallest absolute Gasteiger partial charge is 0.292 e. The number of carbonyl (C=O) groups is 2. The normalized spacial score (nSPS) is 17.2. The Morgan fingerprint density at radius 2 is 1.87 bits per heavy atom. The van der Waals surface area contributed by atoms with Crippen molar-refractivity contribution in [2.75, 3.05) is 6.54 Å². The Kier molecular flexibility index (Phi) is 6.06. The largest absolute Gasteiger partial charge is 0.483 e. The molecule has 0 aliphatic carbocycles. The minimum atomic E-state index is -0.250. The molecule has 1 atom stereocenters. The van der Waals surface area contributed by atoms with Crippen LogP contribution in [0.25, 0.3) is 0 Å². The van der Waals surface area contributed by atoms with E-state index >= 15 is 0 Å². The van der Waals surface area contributed by atoms with Gasteiger partial charge in [0.05, 0.1) is 12.6 Å². The Labute approximate surface area is 179 Å². The zero-order valence-electron chi connectivity index (χ0n) is 17.4. The number of benzene rings is 1. The summed E-state index contributed by atoms with van der Waals surface area (Å²) in [7, 11) is 0. The molecular formula is C21H25N7O3. The molecule has 2 aromatic heterocycles. The average molecular weight is 423 g/mol. The average Bonchev–Trinajstić information content (AvgIpc) is 3.39. The van der Waals surface area contributed by atoms with E-state index in [4.69, 9.17) is 9.90 Å². The SMILES string of the molecule is C[C@H]1CN(C(=O)c2nnc3n2CCCC3)Cc2nnc(Cc3ccccc3)n21.O=CO. The van der Waals surface area contributed by atoms with Crippen LogP contribution < -0.4 is 0 Å². The monoisotopic (exact) mass is 423 g/mol. The number of hydrogen-bond donors (Lipinski definition) is 1. The van der Waals surface area contributed by atoms with Crippen molar-refractivity contribution >= 4 is 12.4 Å². The number of amides is 1. The molecule has 0 saturated carbocycles. The molecule has 2 aliphatic heterocycles. The number of rotatable bonds is 3. The van der Waals surface area contributed by atoms with E-state index in [0.717, 1.165) is 49.7 Å². The van der Waals surface area contributed by atoms with Crippen LogP contribution in [0.5, 0.6) is 0 Å². The number of nitrogens with zero attached hydrogens (tertiary/aromatic N) is 7. The second kappa shape index (κ2) is 9.07. The molecule has 1 aromatic carbocycles. The first-order valence-electron chi connectivity index (χ1n) is 10.4. The van der Waals surface area contributed by atoms with Crippen LogP contribution >= 0.6 is 0 Å². The summed E-state index contributed by atoms with van der Waals surface area (Å²) in [5.74, 6) is 3.09. The maximum absolute atomic E-state index is 13.1. The highest BCUT2D eigenvalue weighted by Gasteiger charge is 2.32. The van der Waals surface area contributed by atoms with Crippen LogP contribution in [0.1, 0.15) is 59.5 Å². The van der Waals surface area contributed by atoms with E-state index in [9.17, 15) is 4.79 Å². The van der Waals surface area contributed by atoms with Crippen molar-refractivity contribution < 1.29 is 14.7 Å². The predicted molar refractivity (Wildman–Crippen MR) is 110 cm³/mol. The molecule has 10 heteroatoms. The zero-order chi connectivity index (χ0) is 21.8. The number of hydrogen-bond acceptors (Lipinski definition) is 6. The summed E-state index contributed by atoms with van der Waals surface area (Å²) in [6, 6.07) is 10.4. The van der Waals surface area contributed by atoms with Crippen LogP contribution in [0.2, 0.25) is 0 Å². The first-order chi connectivity index (χ1) is 15.1. The first kappa shape index (κ1) is 20.7. The van der Waals surface area contributed by atoms with Gasteiger partial charge in [-0.05, 0) is 25.3 Å². The van der Waals surface area contributed by atoms with Crippen molar-refractivity contribution in [3.05, 3.63) is 59.2 Å². The van der Waals surface area contributed by atoms with Gasteiger partial charge in [0, 0.05) is 25.9 Å². The van der Waals surface area contributed by atoms with Crippen molar-refractivity contribution in [1.29, 1.82) is 0 Å². The summed E-state index contributed by atoms with van der Waals surface area (Å²) >= 11 is 0. The van der Waals surface area contributed by atoms with Gasteiger partial charge in [0.25, 0.3) is 12.4 Å². The van der Waals surface area contributed by atoms with Crippen LogP contribution in [0.15, 0.2) is 30.3 Å². The highest BCUT2D eigenvalue weighted by atomic mass is 16.3. The molecule has 0 fully saturated rings. The molecule has 4 heterocycles. The van der Waals surface area contributed by atoms with E-state index in [1.807, 2.05) is 27.7 Å². The number of aryl methyl sites for hydroxylation is 1. The number of carbonyl (C=O) groups excluding carboxylic acids is 1. The molecule has 1 N–H and O–H groups in total. The fraction of sp³-hybridized carbons (Fsp3) is 0.429. The molecule has 0 spiro atoms. The van der Waals surface area contributed by atoms with E-state index in [2.05, 4.69) is 44.0 Å². The van der Waals surface area contributed by atoms with Gasteiger partial charge in [-0.25, -0.2) is 0 Å². The third-order valence-electron chi connectivity index (χ3n) is 5.64. The zero-order valence-corrected chi connectivity index (χ0v) is 17.4. The van der Waals surface area contributed by atoms with Gasteiger partial charge >= 0.3 is 0 Å². The quantitative estimate of drug-likeness (QED) is 0.637. The third kappa shape index (κ3) is 4.18. The number of carboxylic acid groups (broad SMARTS) is 1. The fourth-order valence-electron chi connectivity index (χ4n) is 4.27. The lowest BCUT2D eigenvalue weighted by molar-refractivity contribution is -0.122. The van der Waals surface area contributed by atoms with Gasteiger partial charge in [0.15, 0.2) is 5.82 Å². The molecular weight excluding hydrogens is 398 g/mol. The summed E-state index contributed by atoms with van der Waals surface area (Å²) in [5, 5.41) is 24.1. The minimum Gasteiger partial charge on any atom is -0.483 e. The number of aromatic nitrogens is 6. The molecule has 0 bridgehead atoms. The molecule has 162 valence electrons. The molecule has 0 unspecified atom stereocenters. The van der Waals surface area contributed by atoms with Gasteiger partial charge in [-0.2, -0.15) is 0 Å². The van der Waals surface area contributed by atoms with E-state index < -0.39 is 0 Å². The van der Waals surface area contributed by atoms with Crippen LogP contribution in [0.3, 0.4) is 0 Å². The maximum Gasteiger partial charge on any atom is 0.292 e. The highest BCUT2D eigenvalue weighted by molar-refractivity contribution is 5.90. The van der Waals surface area contributed by atoms with E-state index in [0.29, 0.717) is 18.9 Å². The molecule has 2 aliphatic rings. The molecule has 0 radical (unpaired) electrons. The lowest BCUT2D eigenvalue weighted by Gasteiger charge is -2.32. The van der Waals surface area contributed by atoms with Crippen molar-refractivity contribution in [1.82, 2.24) is 34.4 Å². The minimum absolute atomic E-state index is 0.0636. The van der Waals surface area contributed by atoms with E-state index in [1.54, 1.807) is 0 Å². The summed E-state index contributed by atoms with van der Waals surface area (Å²) < 4.78 is 4.16. The molecule has 3 aromatic rings. The molecule has 0 saturated heterocycles. The van der Waals surface area contributed by atoms with Gasteiger partial charge in [-0.3, -0.25) is 9.59 Å². The Morgan fingerprint density at radius 1 is 1.13 bits per heavy atom. The molecule has 31 heavy (non-hydrogen) atoms. The van der Waals surface area contributed by atoms with Gasteiger partial charge < -0.3 is 19.1 Å². The van der Waals surface area contributed by atoms with Crippen LogP contribution in [-0.2, 0) is 30.7 Å². The fourth-order valence-corrected chi connectivity index (χ4v) is 4.27. The third-order valence-corrected chi connectivity index (χ3v) is 5.64. The second-order valence-corrected chi connectivity index (χ2v) is 7.75. The second-order valence-electron chi connectivity index (χ2n) is 7.75. The number of fused-ring (bicyclic) bond motifs is 2. The summed E-state index contributed by atoms with van der Waals surface area (Å²) in [5.41, 5.74) is 1.21. The molecule has 10 nitrogen and oxygen atoms in total. The van der Waals surface area contributed by atoms with Crippen molar-refractivity contribution in [3.63, 3.8) is 0 Å². The van der Waals surface area contributed by atoms with Gasteiger partial charge in [-0.1, -0.05) is 30.3 Å². The van der Waals surface area contributed by atoms with Crippen LogP contribution in [-0.4, -0.2) is 58.5 Å². The topological polar surface area (TPSA) is 119 Å². The van der Waals surface area contributed by atoms with Crippen LogP contribution in [0.4, 0.5) is 0 Å². The van der Waals surface area contributed by atoms with Crippen molar-refractivity contribution in [3.8, 4) is 0 Å². The standard InChI is InChI=1S/C20H23N7O.CH2O2/c1-14-12-25(20(28)19-24-21-16-9-5-6-10-26(16)19)13-18-23-22-17(27(14)18)11-15-7-3-2-4-8-15;2-1-3/h2-4,7-8,14H,5-6,9-13H2,1H3;1H,(H,2,3)/t14-;/m0./s1. The predicted octanol–water partition coefficient (Wildman–Crippen LogP) is 1.71. The Morgan fingerprint density at radius 3 is 2.65 bits per heavy atom. The maximum atomic E-state index is 13.1. The van der Waals surface area contributed by atoms with E-state index in [-0.39, 0.29) is 18.4 Å². The van der Waals surface area contributed by atoms with E-state index in [1.165, 1.54) is 5.56 Å². The van der Waals surface area contributed by atoms with Crippen LogP contribution in [0, 0.1) is 0 Å². The molecule has 5 rings (SSSR count). The highest BCUT2D eigenvalue weighted by Crippen LogP contribution is 2.25. The summed E-state index contributed by atoms with van der Waals surface area (Å²) in [6.45, 7) is 3.76. The molecule has 1 amide bonds. The lowest BCUT2D eigenvalue weighted by atomic mass is 10.1. The lowest BCUT2D eigenvalue weighted by Crippen LogP contribution is -2.42. The first-order valence-corrected chi connectivity index (χ1v) is 10.4. The Hall–Kier alpha value is -3.56. The summed E-state index contributed by atoms with van der Waals surface area (Å²) in [4.78, 5) is 23.3.